The molecule has 0 aliphatic rings. The van der Waals surface area contributed by atoms with Gasteiger partial charge in [-0.2, -0.15) is 0 Å². The molecule has 1 amide bonds. The van der Waals surface area contributed by atoms with Crippen LogP contribution in [0.5, 0.6) is 0 Å². The van der Waals surface area contributed by atoms with Crippen LogP contribution in [0.15, 0.2) is 58.9 Å². The number of aromatic nitrogens is 2. The SMILES string of the molecule is COCCNc1nnc(SCC(=O)Nc2ccccc2-c2ccccc2)s1. The Labute approximate surface area is 166 Å². The molecule has 0 saturated carbocycles. The van der Waals surface area contributed by atoms with Gasteiger partial charge in [0, 0.05) is 24.9 Å². The van der Waals surface area contributed by atoms with Crippen LogP contribution in [0.25, 0.3) is 11.1 Å². The number of hydrogen-bond donors (Lipinski definition) is 2. The predicted octanol–water partition coefficient (Wildman–Crippen LogP) is 3.99. The van der Waals surface area contributed by atoms with Crippen LogP contribution in [0.2, 0.25) is 0 Å². The van der Waals surface area contributed by atoms with Crippen LogP contribution in [0.3, 0.4) is 0 Å². The lowest BCUT2D eigenvalue weighted by molar-refractivity contribution is -0.113. The summed E-state index contributed by atoms with van der Waals surface area (Å²) in [5, 5.41) is 15.0. The van der Waals surface area contributed by atoms with Gasteiger partial charge in [-0.1, -0.05) is 71.6 Å². The molecule has 0 atom stereocenters. The zero-order chi connectivity index (χ0) is 18.9. The van der Waals surface area contributed by atoms with Crippen molar-refractivity contribution in [1.82, 2.24) is 10.2 Å². The summed E-state index contributed by atoms with van der Waals surface area (Å²) in [6.45, 7) is 1.28. The number of carbonyl (C=O) groups is 1. The molecule has 3 rings (SSSR count). The molecule has 8 heteroatoms. The van der Waals surface area contributed by atoms with Gasteiger partial charge in [0.15, 0.2) is 4.34 Å². The van der Waals surface area contributed by atoms with Crippen molar-refractivity contribution >= 4 is 39.8 Å². The first-order chi connectivity index (χ1) is 13.3. The van der Waals surface area contributed by atoms with E-state index >= 15 is 0 Å². The van der Waals surface area contributed by atoms with Crippen LogP contribution in [0, 0.1) is 0 Å². The van der Waals surface area contributed by atoms with Crippen LogP contribution >= 0.6 is 23.1 Å². The monoisotopic (exact) mass is 400 g/mol. The van der Waals surface area contributed by atoms with Gasteiger partial charge in [-0.05, 0) is 11.6 Å². The number of rotatable bonds is 9. The number of anilines is 2. The van der Waals surface area contributed by atoms with E-state index in [0.717, 1.165) is 26.3 Å². The standard InChI is InChI=1S/C19H20N4O2S2/c1-25-12-11-20-18-22-23-19(27-18)26-13-17(24)21-16-10-6-5-9-15(16)14-7-3-2-4-8-14/h2-10H,11-13H2,1H3,(H,20,22)(H,21,24). The topological polar surface area (TPSA) is 76.1 Å². The number of methoxy groups -OCH3 is 1. The minimum Gasteiger partial charge on any atom is -0.383 e. The molecule has 0 spiro atoms. The first-order valence-electron chi connectivity index (χ1n) is 8.39. The van der Waals surface area contributed by atoms with Gasteiger partial charge in [0.25, 0.3) is 0 Å². The Morgan fingerprint density at radius 1 is 1.11 bits per heavy atom. The Kier molecular flexibility index (Phi) is 7.20. The molecular formula is C19H20N4O2S2. The number of thioether (sulfide) groups is 1. The second-order valence-electron chi connectivity index (χ2n) is 5.54. The Hall–Kier alpha value is -2.42. The van der Waals surface area contributed by atoms with Gasteiger partial charge in [-0.15, -0.1) is 10.2 Å². The van der Waals surface area contributed by atoms with Crippen molar-refractivity contribution in [3.8, 4) is 11.1 Å². The molecule has 3 aromatic rings. The minimum atomic E-state index is -0.0764. The van der Waals surface area contributed by atoms with Crippen LogP contribution in [-0.4, -0.2) is 42.1 Å². The highest BCUT2D eigenvalue weighted by atomic mass is 32.2. The molecule has 0 saturated heterocycles. The Morgan fingerprint density at radius 2 is 1.89 bits per heavy atom. The van der Waals surface area contributed by atoms with E-state index in [-0.39, 0.29) is 11.7 Å². The molecule has 0 bridgehead atoms. The fraction of sp³-hybridized carbons (Fsp3) is 0.211. The molecule has 1 heterocycles. The lowest BCUT2D eigenvalue weighted by Gasteiger charge is -2.10. The summed E-state index contributed by atoms with van der Waals surface area (Å²) in [4.78, 5) is 12.4. The first-order valence-corrected chi connectivity index (χ1v) is 10.2. The van der Waals surface area contributed by atoms with E-state index in [1.165, 1.54) is 23.1 Å². The summed E-state index contributed by atoms with van der Waals surface area (Å²) in [5.74, 6) is 0.197. The number of benzene rings is 2. The van der Waals surface area contributed by atoms with Crippen LogP contribution in [-0.2, 0) is 9.53 Å². The zero-order valence-electron chi connectivity index (χ0n) is 14.8. The van der Waals surface area contributed by atoms with Crippen molar-refractivity contribution in [2.24, 2.45) is 0 Å². The molecule has 1 aromatic heterocycles. The maximum Gasteiger partial charge on any atom is 0.234 e. The van der Waals surface area contributed by atoms with Gasteiger partial charge >= 0.3 is 0 Å². The summed E-state index contributed by atoms with van der Waals surface area (Å²) in [7, 11) is 1.65. The smallest absolute Gasteiger partial charge is 0.234 e. The minimum absolute atomic E-state index is 0.0764. The van der Waals surface area contributed by atoms with Crippen molar-refractivity contribution in [2.45, 2.75) is 4.34 Å². The van der Waals surface area contributed by atoms with Gasteiger partial charge in [-0.3, -0.25) is 4.79 Å². The molecule has 140 valence electrons. The quantitative estimate of drug-likeness (QED) is 0.418. The van der Waals surface area contributed by atoms with Gasteiger partial charge in [0.05, 0.1) is 12.4 Å². The van der Waals surface area contributed by atoms with E-state index in [0.29, 0.717) is 13.2 Å². The van der Waals surface area contributed by atoms with Crippen LogP contribution in [0.4, 0.5) is 10.8 Å². The second-order valence-corrected chi connectivity index (χ2v) is 7.74. The molecule has 27 heavy (non-hydrogen) atoms. The highest BCUT2D eigenvalue weighted by Gasteiger charge is 2.11. The van der Waals surface area contributed by atoms with Crippen molar-refractivity contribution < 1.29 is 9.53 Å². The normalized spacial score (nSPS) is 10.6. The van der Waals surface area contributed by atoms with Gasteiger partial charge < -0.3 is 15.4 Å². The first kappa shape index (κ1) is 19.3. The summed E-state index contributed by atoms with van der Waals surface area (Å²) in [6.07, 6.45) is 0. The number of nitrogens with zero attached hydrogens (tertiary/aromatic N) is 2. The van der Waals surface area contributed by atoms with E-state index < -0.39 is 0 Å². The number of hydrogen-bond acceptors (Lipinski definition) is 7. The van der Waals surface area contributed by atoms with Crippen molar-refractivity contribution in [3.63, 3.8) is 0 Å². The lowest BCUT2D eigenvalue weighted by atomic mass is 10.0. The zero-order valence-corrected chi connectivity index (χ0v) is 16.5. The number of amides is 1. The molecular weight excluding hydrogens is 380 g/mol. The molecule has 0 fully saturated rings. The summed E-state index contributed by atoms with van der Waals surface area (Å²) in [5.41, 5.74) is 2.86. The molecule has 0 unspecified atom stereocenters. The van der Waals surface area contributed by atoms with Crippen molar-refractivity contribution in [3.05, 3.63) is 54.6 Å². The second kappa shape index (κ2) is 10.1. The fourth-order valence-corrected chi connectivity index (χ4v) is 3.95. The summed E-state index contributed by atoms with van der Waals surface area (Å²) in [6, 6.07) is 17.8. The number of para-hydroxylation sites is 1. The lowest BCUT2D eigenvalue weighted by Crippen LogP contribution is -2.14. The summed E-state index contributed by atoms with van der Waals surface area (Å²) >= 11 is 2.80. The average Bonchev–Trinajstić information content (AvgIpc) is 3.16. The third kappa shape index (κ3) is 5.78. The molecule has 2 N–H and O–H groups in total. The van der Waals surface area contributed by atoms with Gasteiger partial charge in [-0.25, -0.2) is 0 Å². The van der Waals surface area contributed by atoms with E-state index in [4.69, 9.17) is 4.74 Å². The fourth-order valence-electron chi connectivity index (χ4n) is 2.37. The maximum absolute atomic E-state index is 12.4. The van der Waals surface area contributed by atoms with Crippen LogP contribution in [0.1, 0.15) is 0 Å². The Balaban J connectivity index is 1.56. The molecule has 2 aromatic carbocycles. The third-order valence-corrected chi connectivity index (χ3v) is 5.62. The molecule has 0 aliphatic heterocycles. The van der Waals surface area contributed by atoms with Gasteiger partial charge in [0.2, 0.25) is 11.0 Å². The largest absolute Gasteiger partial charge is 0.383 e. The number of ether oxygens (including phenoxy) is 1. The summed E-state index contributed by atoms with van der Waals surface area (Å²) < 4.78 is 5.73. The van der Waals surface area contributed by atoms with Gasteiger partial charge in [0.1, 0.15) is 0 Å². The van der Waals surface area contributed by atoms with Crippen molar-refractivity contribution in [2.75, 3.05) is 36.6 Å². The highest BCUT2D eigenvalue weighted by Crippen LogP contribution is 2.29. The molecule has 0 aliphatic carbocycles. The van der Waals surface area contributed by atoms with E-state index in [2.05, 4.69) is 20.8 Å². The third-order valence-electron chi connectivity index (χ3n) is 3.60. The number of nitrogens with one attached hydrogen (secondary N) is 2. The average molecular weight is 401 g/mol. The predicted molar refractivity (Wildman–Crippen MR) is 112 cm³/mol. The van der Waals surface area contributed by atoms with E-state index in [1.807, 2.05) is 54.6 Å². The molecule has 6 nitrogen and oxygen atoms in total. The van der Waals surface area contributed by atoms with Crippen LogP contribution < -0.4 is 10.6 Å². The van der Waals surface area contributed by atoms with E-state index in [9.17, 15) is 4.79 Å². The Bertz CT molecular complexity index is 871. The number of carbonyl (C=O) groups excluding carboxylic acids is 1. The highest BCUT2D eigenvalue weighted by molar-refractivity contribution is 8.01. The maximum atomic E-state index is 12.4. The Morgan fingerprint density at radius 3 is 2.70 bits per heavy atom. The van der Waals surface area contributed by atoms with E-state index in [1.54, 1.807) is 7.11 Å². The molecule has 0 radical (unpaired) electrons. The van der Waals surface area contributed by atoms with Crippen molar-refractivity contribution in [1.29, 1.82) is 0 Å².